The first-order chi connectivity index (χ1) is 13.6. The molecule has 1 unspecified atom stereocenters. The Morgan fingerprint density at radius 2 is 1.96 bits per heavy atom. The number of nitrogens with two attached hydrogens (primary N) is 1. The Bertz CT molecular complexity index is 960. The van der Waals surface area contributed by atoms with Gasteiger partial charge < -0.3 is 15.5 Å². The van der Waals surface area contributed by atoms with Crippen LogP contribution in [0.4, 0.5) is 0 Å². The Kier molecular flexibility index (Phi) is 5.63. The fraction of sp³-hybridized carbons (Fsp3) is 0.391. The van der Waals surface area contributed by atoms with Gasteiger partial charge in [0.1, 0.15) is 5.75 Å². The molecule has 1 saturated heterocycles. The minimum absolute atomic E-state index is 0.464. The van der Waals surface area contributed by atoms with Crippen molar-refractivity contribution in [2.45, 2.75) is 31.7 Å². The minimum Gasteiger partial charge on any atom is -0.496 e. The molecule has 2 aromatic carbocycles. The number of nitrogens with zero attached hydrogens (tertiary/aromatic N) is 1. The number of hydrogen-bond acceptors (Lipinski definition) is 3. The number of fused-ring (bicyclic) bond motifs is 1. The fourth-order valence-electron chi connectivity index (χ4n) is 4.29. The molecule has 0 bridgehead atoms. The van der Waals surface area contributed by atoms with Crippen LogP contribution in [-0.2, 0) is 0 Å². The van der Waals surface area contributed by atoms with Gasteiger partial charge in [-0.05, 0) is 68.6 Å². The number of para-hydroxylation sites is 1. The van der Waals surface area contributed by atoms with E-state index in [4.69, 9.17) is 22.1 Å². The van der Waals surface area contributed by atoms with E-state index >= 15 is 0 Å². The summed E-state index contributed by atoms with van der Waals surface area (Å²) in [5.41, 5.74) is 10.2. The highest BCUT2D eigenvalue weighted by Crippen LogP contribution is 2.40. The van der Waals surface area contributed by atoms with Gasteiger partial charge in [0.25, 0.3) is 0 Å². The third-order valence-corrected chi connectivity index (χ3v) is 6.49. The molecule has 1 fully saturated rings. The Hall–Kier alpha value is -2.01. The van der Waals surface area contributed by atoms with Crippen molar-refractivity contribution in [3.63, 3.8) is 0 Å². The van der Waals surface area contributed by atoms with E-state index < -0.39 is 0 Å². The Morgan fingerprint density at radius 1 is 1.21 bits per heavy atom. The molecule has 4 nitrogen and oxygen atoms in total. The molecule has 148 valence electrons. The predicted octanol–water partition coefficient (Wildman–Crippen LogP) is 5.02. The van der Waals surface area contributed by atoms with Crippen LogP contribution in [-0.4, -0.2) is 42.7 Å². The smallest absolute Gasteiger partial charge is 0.128 e. The summed E-state index contributed by atoms with van der Waals surface area (Å²) in [7, 11) is 1.69. The lowest BCUT2D eigenvalue weighted by molar-refractivity contribution is 0.165. The monoisotopic (exact) mass is 397 g/mol. The average molecular weight is 398 g/mol. The van der Waals surface area contributed by atoms with Crippen molar-refractivity contribution < 1.29 is 4.74 Å². The molecule has 1 aliphatic heterocycles. The molecule has 0 aliphatic carbocycles. The molecule has 1 aromatic heterocycles. The molecule has 4 rings (SSSR count). The maximum Gasteiger partial charge on any atom is 0.128 e. The van der Waals surface area contributed by atoms with Gasteiger partial charge in [0, 0.05) is 29.1 Å². The van der Waals surface area contributed by atoms with E-state index in [0.717, 1.165) is 65.4 Å². The van der Waals surface area contributed by atoms with Crippen molar-refractivity contribution >= 4 is 22.5 Å². The summed E-state index contributed by atoms with van der Waals surface area (Å²) >= 11 is 6.81. The van der Waals surface area contributed by atoms with Crippen LogP contribution in [0.1, 0.15) is 31.2 Å². The van der Waals surface area contributed by atoms with Crippen LogP contribution >= 0.6 is 11.6 Å². The van der Waals surface area contributed by atoms with Crippen LogP contribution in [0, 0.1) is 0 Å². The summed E-state index contributed by atoms with van der Waals surface area (Å²) < 4.78 is 5.52. The topological polar surface area (TPSA) is 54.3 Å². The van der Waals surface area contributed by atoms with Gasteiger partial charge in [-0.3, -0.25) is 4.90 Å². The molecule has 5 heteroatoms. The number of rotatable bonds is 5. The van der Waals surface area contributed by atoms with E-state index in [1.54, 1.807) is 7.11 Å². The second-order valence-corrected chi connectivity index (χ2v) is 8.09. The molecule has 0 amide bonds. The van der Waals surface area contributed by atoms with Crippen LogP contribution in [0.15, 0.2) is 42.5 Å². The number of piperidine rings is 1. The second-order valence-electron chi connectivity index (χ2n) is 7.71. The van der Waals surface area contributed by atoms with Gasteiger partial charge in [-0.1, -0.05) is 29.8 Å². The number of nitrogens with one attached hydrogen (secondary N) is 1. The summed E-state index contributed by atoms with van der Waals surface area (Å²) in [5.74, 6) is 1.39. The number of halogens is 1. The molecule has 1 atom stereocenters. The summed E-state index contributed by atoms with van der Waals surface area (Å²) in [6.07, 6.45) is 2.33. The quantitative estimate of drug-likeness (QED) is 0.635. The van der Waals surface area contributed by atoms with Crippen LogP contribution in [0.3, 0.4) is 0 Å². The maximum atomic E-state index is 6.81. The first-order valence-corrected chi connectivity index (χ1v) is 10.4. The van der Waals surface area contributed by atoms with Gasteiger partial charge in [-0.2, -0.15) is 0 Å². The third kappa shape index (κ3) is 3.52. The zero-order valence-electron chi connectivity index (χ0n) is 16.5. The average Bonchev–Trinajstić information content (AvgIpc) is 3.09. The van der Waals surface area contributed by atoms with E-state index in [0.29, 0.717) is 12.0 Å². The van der Waals surface area contributed by atoms with E-state index in [-0.39, 0.29) is 0 Å². The molecular weight excluding hydrogens is 370 g/mol. The highest BCUT2D eigenvalue weighted by Gasteiger charge is 2.24. The standard InChI is InChI=1S/C23H28ClN3O/c1-15(14-25)27-11-9-16(10-12-27)17-7-8-20-19(13-17)22(24)23(26-20)18-5-3-4-6-21(18)28-2/h3-8,13,15-16,26H,9-12,14,25H2,1-2H3. The Morgan fingerprint density at radius 3 is 2.68 bits per heavy atom. The lowest BCUT2D eigenvalue weighted by Crippen LogP contribution is -2.43. The number of benzene rings is 2. The SMILES string of the molecule is COc1ccccc1-c1[nH]c2ccc(C3CCN(C(C)CN)CC3)cc2c1Cl. The molecule has 0 spiro atoms. The molecule has 1 aliphatic rings. The van der Waals surface area contributed by atoms with Gasteiger partial charge in [-0.25, -0.2) is 0 Å². The van der Waals surface area contributed by atoms with Gasteiger partial charge >= 0.3 is 0 Å². The van der Waals surface area contributed by atoms with Crippen molar-refractivity contribution in [3.05, 3.63) is 53.1 Å². The summed E-state index contributed by atoms with van der Waals surface area (Å²) in [4.78, 5) is 5.98. The molecule has 0 saturated carbocycles. The first-order valence-electron chi connectivity index (χ1n) is 10.0. The zero-order valence-corrected chi connectivity index (χ0v) is 17.3. The molecule has 2 heterocycles. The van der Waals surface area contributed by atoms with Gasteiger partial charge in [-0.15, -0.1) is 0 Å². The lowest BCUT2D eigenvalue weighted by Gasteiger charge is -2.35. The molecular formula is C23H28ClN3O. The van der Waals surface area contributed by atoms with Gasteiger partial charge in [0.15, 0.2) is 0 Å². The van der Waals surface area contributed by atoms with Crippen LogP contribution in [0.2, 0.25) is 5.02 Å². The molecule has 28 heavy (non-hydrogen) atoms. The van der Waals surface area contributed by atoms with E-state index in [9.17, 15) is 0 Å². The lowest BCUT2D eigenvalue weighted by atomic mass is 9.88. The van der Waals surface area contributed by atoms with Crippen molar-refractivity contribution in [1.82, 2.24) is 9.88 Å². The van der Waals surface area contributed by atoms with E-state index in [1.165, 1.54) is 5.56 Å². The summed E-state index contributed by atoms with van der Waals surface area (Å²) in [6.45, 7) is 5.15. The van der Waals surface area contributed by atoms with Crippen molar-refractivity contribution in [1.29, 1.82) is 0 Å². The number of ether oxygens (including phenoxy) is 1. The maximum absolute atomic E-state index is 6.81. The van der Waals surface area contributed by atoms with Crippen LogP contribution < -0.4 is 10.5 Å². The number of aromatic amines is 1. The number of likely N-dealkylation sites (tertiary alicyclic amines) is 1. The second kappa shape index (κ2) is 8.16. The number of H-pyrrole nitrogens is 1. The van der Waals surface area contributed by atoms with Gasteiger partial charge in [0.05, 0.1) is 17.8 Å². The number of hydrogen-bond donors (Lipinski definition) is 2. The van der Waals surface area contributed by atoms with Crippen LogP contribution in [0.25, 0.3) is 22.2 Å². The van der Waals surface area contributed by atoms with Crippen LogP contribution in [0.5, 0.6) is 5.75 Å². The zero-order chi connectivity index (χ0) is 19.7. The van der Waals surface area contributed by atoms with Crippen molar-refractivity contribution in [2.24, 2.45) is 5.73 Å². The minimum atomic E-state index is 0.464. The fourth-order valence-corrected chi connectivity index (χ4v) is 4.60. The Labute approximate surface area is 171 Å². The number of methoxy groups -OCH3 is 1. The summed E-state index contributed by atoms with van der Waals surface area (Å²) in [5, 5.41) is 1.84. The first kappa shape index (κ1) is 19.3. The van der Waals surface area contributed by atoms with E-state index in [1.807, 2.05) is 24.3 Å². The highest BCUT2D eigenvalue weighted by molar-refractivity contribution is 6.38. The highest BCUT2D eigenvalue weighted by atomic mass is 35.5. The normalized spacial score (nSPS) is 17.1. The molecule has 0 radical (unpaired) electrons. The van der Waals surface area contributed by atoms with Gasteiger partial charge in [0.2, 0.25) is 0 Å². The van der Waals surface area contributed by atoms with Crippen molar-refractivity contribution in [3.8, 4) is 17.0 Å². The summed E-state index contributed by atoms with van der Waals surface area (Å²) in [6, 6.07) is 15.1. The Balaban J connectivity index is 1.63. The molecule has 3 aromatic rings. The number of aromatic nitrogens is 1. The predicted molar refractivity (Wildman–Crippen MR) is 117 cm³/mol. The molecule has 3 N–H and O–H groups in total. The van der Waals surface area contributed by atoms with Crippen molar-refractivity contribution in [2.75, 3.05) is 26.7 Å². The third-order valence-electron chi connectivity index (χ3n) is 6.10. The van der Waals surface area contributed by atoms with E-state index in [2.05, 4.69) is 35.0 Å². The largest absolute Gasteiger partial charge is 0.496 e.